The van der Waals surface area contributed by atoms with Gasteiger partial charge in [0.05, 0.1) is 6.61 Å². The molecule has 0 aromatic heterocycles. The molecule has 0 aromatic rings. The molecule has 0 fully saturated rings. The molecule has 0 aliphatic rings. The van der Waals surface area contributed by atoms with Gasteiger partial charge >= 0.3 is 0 Å². The number of hydrogen-bond donors (Lipinski definition) is 2. The van der Waals surface area contributed by atoms with Crippen LogP contribution in [0.5, 0.6) is 0 Å². The number of aliphatic hydroxyl groups is 2. The number of hydrogen-bond acceptors (Lipinski definition) is 3. The van der Waals surface area contributed by atoms with Crippen LogP contribution in [0.15, 0.2) is 0 Å². The zero-order valence-electron chi connectivity index (χ0n) is 15.9. The van der Waals surface area contributed by atoms with E-state index in [9.17, 15) is 5.11 Å². The maximum atomic E-state index is 9.26. The van der Waals surface area contributed by atoms with Crippen molar-refractivity contribution in [3.05, 3.63) is 0 Å². The fraction of sp³-hybridized carbons (Fsp3) is 1.00. The minimum atomic E-state index is 0.286. The number of nitrogens with zero attached hydrogens (tertiary/aromatic N) is 1. The second-order valence-electron chi connectivity index (χ2n) is 7.26. The van der Waals surface area contributed by atoms with Crippen molar-refractivity contribution in [1.29, 1.82) is 0 Å². The molecule has 0 rings (SSSR count). The van der Waals surface area contributed by atoms with Gasteiger partial charge in [0.2, 0.25) is 0 Å². The van der Waals surface area contributed by atoms with Crippen molar-refractivity contribution in [3.63, 3.8) is 0 Å². The molecular formula is C20H43NO2. The van der Waals surface area contributed by atoms with Crippen molar-refractivity contribution >= 4 is 0 Å². The molecule has 0 aromatic carbocycles. The maximum absolute atomic E-state index is 9.26. The van der Waals surface area contributed by atoms with E-state index in [4.69, 9.17) is 5.11 Å². The zero-order valence-corrected chi connectivity index (χ0v) is 15.9. The van der Waals surface area contributed by atoms with Gasteiger partial charge in [-0.3, -0.25) is 0 Å². The van der Waals surface area contributed by atoms with Gasteiger partial charge in [-0.1, -0.05) is 83.5 Å². The zero-order chi connectivity index (χ0) is 17.2. The van der Waals surface area contributed by atoms with E-state index in [0.29, 0.717) is 12.6 Å². The summed E-state index contributed by atoms with van der Waals surface area (Å²) in [7, 11) is 4.10. The largest absolute Gasteiger partial charge is 0.396 e. The Hall–Kier alpha value is -0.120. The predicted molar refractivity (Wildman–Crippen MR) is 101 cm³/mol. The van der Waals surface area contributed by atoms with Crippen LogP contribution in [-0.2, 0) is 0 Å². The molecule has 3 heteroatoms. The van der Waals surface area contributed by atoms with Crippen LogP contribution >= 0.6 is 0 Å². The Balaban J connectivity index is 3.10. The molecule has 1 atom stereocenters. The summed E-state index contributed by atoms with van der Waals surface area (Å²) in [6.07, 6.45) is 19.6. The Morgan fingerprint density at radius 2 is 0.913 bits per heavy atom. The molecule has 23 heavy (non-hydrogen) atoms. The van der Waals surface area contributed by atoms with E-state index in [0.717, 1.165) is 12.8 Å². The van der Waals surface area contributed by atoms with Crippen molar-refractivity contribution in [2.24, 2.45) is 0 Å². The summed E-state index contributed by atoms with van der Waals surface area (Å²) in [5, 5.41) is 18.0. The second kappa shape index (κ2) is 18.2. The summed E-state index contributed by atoms with van der Waals surface area (Å²) >= 11 is 0. The summed E-state index contributed by atoms with van der Waals surface area (Å²) < 4.78 is 0. The van der Waals surface area contributed by atoms with E-state index in [2.05, 4.69) is 19.0 Å². The highest BCUT2D eigenvalue weighted by Crippen LogP contribution is 2.14. The normalized spacial score (nSPS) is 12.9. The van der Waals surface area contributed by atoms with Crippen LogP contribution in [0.1, 0.15) is 96.3 Å². The predicted octanol–water partition coefficient (Wildman–Crippen LogP) is 4.75. The van der Waals surface area contributed by atoms with Crippen LogP contribution < -0.4 is 0 Å². The van der Waals surface area contributed by atoms with E-state index in [1.54, 1.807) is 0 Å². The monoisotopic (exact) mass is 329 g/mol. The van der Waals surface area contributed by atoms with E-state index in [1.807, 2.05) is 0 Å². The van der Waals surface area contributed by atoms with E-state index in [1.165, 1.54) is 83.5 Å². The number of aliphatic hydroxyl groups excluding tert-OH is 2. The Morgan fingerprint density at radius 3 is 1.22 bits per heavy atom. The van der Waals surface area contributed by atoms with Crippen LogP contribution in [0.3, 0.4) is 0 Å². The molecule has 0 amide bonds. The van der Waals surface area contributed by atoms with Crippen LogP contribution in [0, 0.1) is 0 Å². The SMILES string of the molecule is CN(C)C(CO)CCCCCCCCCCCCCCCCO. The summed E-state index contributed by atoms with van der Waals surface area (Å²) in [4.78, 5) is 2.13. The Bertz CT molecular complexity index is 222. The molecule has 0 spiro atoms. The summed E-state index contributed by atoms with van der Waals surface area (Å²) in [6.45, 7) is 0.645. The molecule has 0 aliphatic carbocycles. The third kappa shape index (κ3) is 16.5. The van der Waals surface area contributed by atoms with E-state index in [-0.39, 0.29) is 6.61 Å². The first-order valence-corrected chi connectivity index (χ1v) is 10.1. The molecule has 140 valence electrons. The second-order valence-corrected chi connectivity index (χ2v) is 7.26. The molecular weight excluding hydrogens is 286 g/mol. The topological polar surface area (TPSA) is 43.7 Å². The molecule has 1 unspecified atom stereocenters. The maximum Gasteiger partial charge on any atom is 0.0586 e. The summed E-state index contributed by atoms with van der Waals surface area (Å²) in [5.41, 5.74) is 0. The van der Waals surface area contributed by atoms with Gasteiger partial charge < -0.3 is 15.1 Å². The van der Waals surface area contributed by atoms with Crippen molar-refractivity contribution < 1.29 is 10.2 Å². The fourth-order valence-electron chi connectivity index (χ4n) is 3.13. The highest BCUT2D eigenvalue weighted by molar-refractivity contribution is 4.64. The standard InChI is InChI=1S/C20H43NO2/c1-21(2)20(19-23)17-15-13-11-9-7-5-3-4-6-8-10-12-14-16-18-22/h20,22-23H,3-19H2,1-2H3. The van der Waals surface area contributed by atoms with Gasteiger partial charge in [-0.2, -0.15) is 0 Å². The highest BCUT2D eigenvalue weighted by atomic mass is 16.3. The number of unbranched alkanes of at least 4 members (excludes halogenated alkanes) is 13. The van der Waals surface area contributed by atoms with Crippen LogP contribution in [-0.4, -0.2) is 48.5 Å². The van der Waals surface area contributed by atoms with E-state index < -0.39 is 0 Å². The van der Waals surface area contributed by atoms with Gasteiger partial charge in [0.15, 0.2) is 0 Å². The lowest BCUT2D eigenvalue weighted by atomic mass is 10.0. The molecule has 0 radical (unpaired) electrons. The molecule has 2 N–H and O–H groups in total. The lowest BCUT2D eigenvalue weighted by Gasteiger charge is -2.21. The van der Waals surface area contributed by atoms with Crippen molar-refractivity contribution in [1.82, 2.24) is 4.90 Å². The molecule has 0 saturated carbocycles. The molecule has 0 bridgehead atoms. The third-order valence-corrected chi connectivity index (χ3v) is 4.89. The van der Waals surface area contributed by atoms with Gasteiger partial charge in [0, 0.05) is 12.6 Å². The summed E-state index contributed by atoms with van der Waals surface area (Å²) in [5.74, 6) is 0. The molecule has 3 nitrogen and oxygen atoms in total. The summed E-state index contributed by atoms with van der Waals surface area (Å²) in [6, 6.07) is 0.346. The van der Waals surface area contributed by atoms with Crippen LogP contribution in [0.4, 0.5) is 0 Å². The highest BCUT2D eigenvalue weighted by Gasteiger charge is 2.08. The van der Waals surface area contributed by atoms with E-state index >= 15 is 0 Å². The Labute approximate surface area is 145 Å². The average Bonchev–Trinajstić information content (AvgIpc) is 2.54. The Kier molecular flexibility index (Phi) is 18.1. The van der Waals surface area contributed by atoms with Crippen molar-refractivity contribution in [2.45, 2.75) is 102 Å². The van der Waals surface area contributed by atoms with Gasteiger partial charge in [-0.05, 0) is 26.9 Å². The first-order chi connectivity index (χ1) is 11.2. The van der Waals surface area contributed by atoms with Crippen molar-refractivity contribution in [3.8, 4) is 0 Å². The first kappa shape index (κ1) is 22.9. The number of rotatable bonds is 18. The fourth-order valence-corrected chi connectivity index (χ4v) is 3.13. The first-order valence-electron chi connectivity index (χ1n) is 10.1. The molecule has 0 aliphatic heterocycles. The van der Waals surface area contributed by atoms with Gasteiger partial charge in [-0.15, -0.1) is 0 Å². The quantitative estimate of drug-likeness (QED) is 0.357. The van der Waals surface area contributed by atoms with Gasteiger partial charge in [-0.25, -0.2) is 0 Å². The van der Waals surface area contributed by atoms with Gasteiger partial charge in [0.25, 0.3) is 0 Å². The lowest BCUT2D eigenvalue weighted by molar-refractivity contribution is 0.159. The Morgan fingerprint density at radius 1 is 0.565 bits per heavy atom. The van der Waals surface area contributed by atoms with Crippen LogP contribution in [0.25, 0.3) is 0 Å². The minimum absolute atomic E-state index is 0.286. The smallest absolute Gasteiger partial charge is 0.0586 e. The molecule has 0 heterocycles. The van der Waals surface area contributed by atoms with Crippen molar-refractivity contribution in [2.75, 3.05) is 27.3 Å². The number of likely N-dealkylation sites (N-methyl/N-ethyl adjacent to an activating group) is 1. The third-order valence-electron chi connectivity index (χ3n) is 4.89. The van der Waals surface area contributed by atoms with Crippen LogP contribution in [0.2, 0.25) is 0 Å². The average molecular weight is 330 g/mol. The molecule has 0 saturated heterocycles. The van der Waals surface area contributed by atoms with Gasteiger partial charge in [0.1, 0.15) is 0 Å². The lowest BCUT2D eigenvalue weighted by Crippen LogP contribution is -2.31. The minimum Gasteiger partial charge on any atom is -0.396 e.